The molecule has 1 amide bonds. The highest BCUT2D eigenvalue weighted by atomic mass is 32.2. The van der Waals surface area contributed by atoms with Crippen LogP contribution < -0.4 is 24.2 Å². The Morgan fingerprint density at radius 3 is 2.32 bits per heavy atom. The molecule has 34 heavy (non-hydrogen) atoms. The van der Waals surface area contributed by atoms with E-state index in [0.717, 1.165) is 11.1 Å². The van der Waals surface area contributed by atoms with Gasteiger partial charge in [-0.2, -0.15) is 0 Å². The Labute approximate surface area is 198 Å². The van der Waals surface area contributed by atoms with Crippen LogP contribution in [0.4, 0.5) is 11.4 Å². The fourth-order valence-electron chi connectivity index (χ4n) is 3.43. The highest BCUT2D eigenvalue weighted by Gasteiger charge is 2.17. The van der Waals surface area contributed by atoms with Crippen molar-refractivity contribution in [3.63, 3.8) is 0 Å². The first-order valence-corrected chi connectivity index (χ1v) is 12.2. The fourth-order valence-corrected chi connectivity index (χ4v) is 4.57. The Hall–Kier alpha value is -3.72. The molecular formula is C25H26N2O6S. The summed E-state index contributed by atoms with van der Waals surface area (Å²) in [5, 5.41) is 2.75. The number of anilines is 2. The third-order valence-corrected chi connectivity index (χ3v) is 6.78. The second-order valence-corrected chi connectivity index (χ2v) is 9.71. The minimum absolute atomic E-state index is 0.108. The second-order valence-electron chi connectivity index (χ2n) is 8.03. The monoisotopic (exact) mass is 482 g/mol. The first-order chi connectivity index (χ1) is 16.2. The minimum atomic E-state index is -3.77. The zero-order chi connectivity index (χ0) is 24.3. The summed E-state index contributed by atoms with van der Waals surface area (Å²) in [4.78, 5) is 12.4. The molecule has 1 heterocycles. The molecule has 3 aromatic carbocycles. The molecule has 0 unspecified atom stereocenters. The number of aryl methyl sites for hydroxylation is 3. The third-order valence-electron chi connectivity index (χ3n) is 5.40. The summed E-state index contributed by atoms with van der Waals surface area (Å²) < 4.78 is 44.8. The van der Waals surface area contributed by atoms with E-state index in [2.05, 4.69) is 10.0 Å². The minimum Gasteiger partial charge on any atom is -0.486 e. The van der Waals surface area contributed by atoms with Gasteiger partial charge in [0.2, 0.25) is 0 Å². The Balaban J connectivity index is 1.38. The number of carbonyl (C=O) groups is 1. The lowest BCUT2D eigenvalue weighted by Gasteiger charge is -2.19. The summed E-state index contributed by atoms with van der Waals surface area (Å²) in [6.45, 7) is 6.33. The maximum Gasteiger partial charge on any atom is 0.262 e. The number of sulfonamides is 1. The van der Waals surface area contributed by atoms with Gasteiger partial charge in [0.25, 0.3) is 15.9 Å². The molecule has 0 saturated carbocycles. The molecule has 0 fully saturated rings. The molecule has 3 aromatic rings. The average Bonchev–Trinajstić information content (AvgIpc) is 2.80. The van der Waals surface area contributed by atoms with Gasteiger partial charge in [-0.3, -0.25) is 9.52 Å². The Bertz CT molecular complexity index is 1340. The molecule has 1 aliphatic heterocycles. The van der Waals surface area contributed by atoms with Gasteiger partial charge in [0, 0.05) is 17.4 Å². The lowest BCUT2D eigenvalue weighted by Crippen LogP contribution is -2.21. The smallest absolute Gasteiger partial charge is 0.262 e. The van der Waals surface area contributed by atoms with Crippen LogP contribution in [0, 0.1) is 20.8 Å². The predicted octanol–water partition coefficient (Wildman–Crippen LogP) is 4.20. The molecule has 4 rings (SSSR count). The lowest BCUT2D eigenvalue weighted by atomic mass is 10.1. The van der Waals surface area contributed by atoms with Crippen molar-refractivity contribution in [2.45, 2.75) is 25.7 Å². The van der Waals surface area contributed by atoms with Gasteiger partial charge in [-0.1, -0.05) is 6.07 Å². The summed E-state index contributed by atoms with van der Waals surface area (Å²) in [5.74, 6) is 1.27. The normalized spacial score (nSPS) is 12.7. The van der Waals surface area contributed by atoms with Crippen molar-refractivity contribution >= 4 is 27.3 Å². The van der Waals surface area contributed by atoms with Crippen molar-refractivity contribution in [2.75, 3.05) is 29.9 Å². The molecule has 0 aliphatic carbocycles. The molecule has 0 saturated heterocycles. The van der Waals surface area contributed by atoms with Gasteiger partial charge in [0.1, 0.15) is 19.0 Å². The number of rotatable bonds is 7. The molecule has 0 aromatic heterocycles. The van der Waals surface area contributed by atoms with Crippen LogP contribution in [0.25, 0.3) is 0 Å². The number of carbonyl (C=O) groups excluding carboxylic acids is 1. The van der Waals surface area contributed by atoms with E-state index >= 15 is 0 Å². The topological polar surface area (TPSA) is 103 Å². The summed E-state index contributed by atoms with van der Waals surface area (Å²) >= 11 is 0. The SMILES string of the molecule is Cc1ccc(NS(=O)(=O)c2ccc(OCC(=O)Nc3ccc4c(c3)OCCO4)c(C)c2)cc1C. The summed E-state index contributed by atoms with van der Waals surface area (Å²) in [7, 11) is -3.77. The van der Waals surface area contributed by atoms with Crippen LogP contribution in [0.2, 0.25) is 0 Å². The van der Waals surface area contributed by atoms with Crippen LogP contribution in [0.3, 0.4) is 0 Å². The van der Waals surface area contributed by atoms with Gasteiger partial charge < -0.3 is 19.5 Å². The Morgan fingerprint density at radius 2 is 1.59 bits per heavy atom. The maximum absolute atomic E-state index is 12.8. The van der Waals surface area contributed by atoms with Gasteiger partial charge in [-0.25, -0.2) is 8.42 Å². The van der Waals surface area contributed by atoms with E-state index in [1.807, 2.05) is 19.9 Å². The molecule has 0 radical (unpaired) electrons. The van der Waals surface area contributed by atoms with Crippen LogP contribution in [-0.2, 0) is 14.8 Å². The predicted molar refractivity (Wildman–Crippen MR) is 129 cm³/mol. The van der Waals surface area contributed by atoms with Crippen LogP contribution >= 0.6 is 0 Å². The van der Waals surface area contributed by atoms with Gasteiger partial charge in [0.05, 0.1) is 4.90 Å². The number of fused-ring (bicyclic) bond motifs is 1. The number of amides is 1. The summed E-state index contributed by atoms with van der Waals surface area (Å²) in [6.07, 6.45) is 0. The zero-order valence-corrected chi connectivity index (χ0v) is 20.0. The molecule has 8 nitrogen and oxygen atoms in total. The number of hydrogen-bond acceptors (Lipinski definition) is 6. The molecule has 0 bridgehead atoms. The van der Waals surface area contributed by atoms with Crippen LogP contribution in [0.1, 0.15) is 16.7 Å². The van der Waals surface area contributed by atoms with Crippen molar-refractivity contribution in [3.05, 3.63) is 71.3 Å². The van der Waals surface area contributed by atoms with Crippen LogP contribution in [0.5, 0.6) is 17.2 Å². The van der Waals surface area contributed by atoms with Gasteiger partial charge >= 0.3 is 0 Å². The van der Waals surface area contributed by atoms with Crippen molar-refractivity contribution in [3.8, 4) is 17.2 Å². The second kappa shape index (κ2) is 9.64. The van der Waals surface area contributed by atoms with Gasteiger partial charge in [-0.05, 0) is 79.9 Å². The quantitative estimate of drug-likeness (QED) is 0.523. The number of hydrogen-bond donors (Lipinski definition) is 2. The Kier molecular flexibility index (Phi) is 6.65. The lowest BCUT2D eigenvalue weighted by molar-refractivity contribution is -0.118. The highest BCUT2D eigenvalue weighted by Crippen LogP contribution is 2.32. The highest BCUT2D eigenvalue weighted by molar-refractivity contribution is 7.92. The van der Waals surface area contributed by atoms with Gasteiger partial charge in [0.15, 0.2) is 18.1 Å². The van der Waals surface area contributed by atoms with E-state index in [1.165, 1.54) is 12.1 Å². The number of benzene rings is 3. The standard InChI is InChI=1S/C25H26N2O6S/c1-16-4-5-20(12-17(16)2)27-34(29,30)21-7-9-22(18(3)13-21)33-15-25(28)26-19-6-8-23-24(14-19)32-11-10-31-23/h4-9,12-14,27H,10-11,15H2,1-3H3,(H,26,28). The van der Waals surface area contributed by atoms with Crippen molar-refractivity contribution in [2.24, 2.45) is 0 Å². The van der Waals surface area contributed by atoms with E-state index in [-0.39, 0.29) is 17.4 Å². The van der Waals surface area contributed by atoms with Gasteiger partial charge in [-0.15, -0.1) is 0 Å². The molecule has 0 atom stereocenters. The first kappa shape index (κ1) is 23.4. The maximum atomic E-state index is 12.8. The van der Waals surface area contributed by atoms with Crippen molar-refractivity contribution in [1.29, 1.82) is 0 Å². The zero-order valence-electron chi connectivity index (χ0n) is 19.2. The van der Waals surface area contributed by atoms with Crippen molar-refractivity contribution in [1.82, 2.24) is 0 Å². The van der Waals surface area contributed by atoms with E-state index in [0.29, 0.717) is 47.4 Å². The molecule has 0 spiro atoms. The molecular weight excluding hydrogens is 456 g/mol. The fraction of sp³-hybridized carbons (Fsp3) is 0.240. The number of ether oxygens (including phenoxy) is 3. The average molecular weight is 483 g/mol. The molecule has 178 valence electrons. The van der Waals surface area contributed by atoms with E-state index < -0.39 is 10.0 Å². The van der Waals surface area contributed by atoms with E-state index in [1.54, 1.807) is 43.3 Å². The molecule has 2 N–H and O–H groups in total. The summed E-state index contributed by atoms with van der Waals surface area (Å²) in [5.41, 5.74) is 3.73. The van der Waals surface area contributed by atoms with E-state index in [9.17, 15) is 13.2 Å². The molecule has 1 aliphatic rings. The van der Waals surface area contributed by atoms with Crippen LogP contribution in [-0.4, -0.2) is 34.1 Å². The third kappa shape index (κ3) is 5.43. The van der Waals surface area contributed by atoms with E-state index in [4.69, 9.17) is 14.2 Å². The molecule has 9 heteroatoms. The van der Waals surface area contributed by atoms with Crippen LogP contribution in [0.15, 0.2) is 59.5 Å². The largest absolute Gasteiger partial charge is 0.486 e. The summed E-state index contributed by atoms with van der Waals surface area (Å²) in [6, 6.07) is 15.0. The first-order valence-electron chi connectivity index (χ1n) is 10.7. The number of nitrogens with one attached hydrogen (secondary N) is 2. The van der Waals surface area contributed by atoms with Crippen molar-refractivity contribution < 1.29 is 27.4 Å². The Morgan fingerprint density at radius 1 is 0.853 bits per heavy atom.